The number of carbonyl (C=O) groups excluding carboxylic acids is 1. The van der Waals surface area contributed by atoms with E-state index in [0.717, 1.165) is 37.2 Å². The smallest absolute Gasteiger partial charge is 0.226 e. The summed E-state index contributed by atoms with van der Waals surface area (Å²) >= 11 is 0. The number of likely N-dealkylation sites (tertiary alicyclic amines) is 1. The van der Waals surface area contributed by atoms with Crippen molar-refractivity contribution in [3.63, 3.8) is 0 Å². The number of carbonyl (C=O) groups is 1. The number of aliphatic hydroxyl groups is 1. The van der Waals surface area contributed by atoms with Crippen LogP contribution < -0.4 is 5.32 Å². The summed E-state index contributed by atoms with van der Waals surface area (Å²) in [5, 5.41) is 13.4. The number of piperidine rings is 1. The van der Waals surface area contributed by atoms with Crippen LogP contribution in [0, 0.1) is 5.92 Å². The molecule has 1 saturated heterocycles. The molecule has 0 spiro atoms. The standard InChI is InChI=1S/C23H30N2O2/c1-17(2)23(27)24-21-10-6-9-20(15-21)18-11-13-25(14-12-18)16-22(26)19-7-4-3-5-8-19/h3-10,15,17-18,22,26H,11-14,16H2,1-2H3,(H,24,27)/t22-/m0/s1. The molecule has 1 fully saturated rings. The monoisotopic (exact) mass is 366 g/mol. The number of benzene rings is 2. The van der Waals surface area contributed by atoms with Gasteiger partial charge in [0, 0.05) is 18.2 Å². The number of rotatable bonds is 6. The van der Waals surface area contributed by atoms with E-state index in [1.54, 1.807) is 0 Å². The molecule has 1 heterocycles. The van der Waals surface area contributed by atoms with E-state index in [4.69, 9.17) is 0 Å². The first-order valence-electron chi connectivity index (χ1n) is 9.89. The maximum Gasteiger partial charge on any atom is 0.226 e. The van der Waals surface area contributed by atoms with Gasteiger partial charge in [0.2, 0.25) is 5.91 Å². The minimum Gasteiger partial charge on any atom is -0.387 e. The van der Waals surface area contributed by atoms with E-state index >= 15 is 0 Å². The van der Waals surface area contributed by atoms with Gasteiger partial charge in [-0.05, 0) is 55.1 Å². The summed E-state index contributed by atoms with van der Waals surface area (Å²) in [6, 6.07) is 18.1. The third-order valence-corrected chi connectivity index (χ3v) is 5.35. The lowest BCUT2D eigenvalue weighted by molar-refractivity contribution is -0.118. The molecule has 0 bridgehead atoms. The molecule has 1 aliphatic rings. The lowest BCUT2D eigenvalue weighted by Gasteiger charge is -2.33. The van der Waals surface area contributed by atoms with Gasteiger partial charge in [-0.3, -0.25) is 4.79 Å². The van der Waals surface area contributed by atoms with Crippen molar-refractivity contribution in [2.75, 3.05) is 25.0 Å². The fourth-order valence-corrected chi connectivity index (χ4v) is 3.63. The van der Waals surface area contributed by atoms with E-state index in [1.165, 1.54) is 5.56 Å². The average molecular weight is 367 g/mol. The Kier molecular flexibility index (Phi) is 6.64. The zero-order valence-corrected chi connectivity index (χ0v) is 16.3. The van der Waals surface area contributed by atoms with Crippen LogP contribution in [0.2, 0.25) is 0 Å². The van der Waals surface area contributed by atoms with Crippen molar-refractivity contribution >= 4 is 11.6 Å². The summed E-state index contributed by atoms with van der Waals surface area (Å²) in [5.74, 6) is 0.538. The van der Waals surface area contributed by atoms with Crippen molar-refractivity contribution in [2.24, 2.45) is 5.92 Å². The van der Waals surface area contributed by atoms with Crippen LogP contribution >= 0.6 is 0 Å². The van der Waals surface area contributed by atoms with Crippen molar-refractivity contribution < 1.29 is 9.90 Å². The topological polar surface area (TPSA) is 52.6 Å². The zero-order chi connectivity index (χ0) is 19.2. The van der Waals surface area contributed by atoms with E-state index in [9.17, 15) is 9.90 Å². The first-order valence-corrected chi connectivity index (χ1v) is 9.89. The number of aliphatic hydroxyl groups excluding tert-OH is 1. The van der Waals surface area contributed by atoms with Crippen molar-refractivity contribution in [1.29, 1.82) is 0 Å². The Bertz CT molecular complexity index is 737. The van der Waals surface area contributed by atoms with Crippen LogP contribution in [0.4, 0.5) is 5.69 Å². The molecule has 1 atom stereocenters. The highest BCUT2D eigenvalue weighted by Crippen LogP contribution is 2.30. The van der Waals surface area contributed by atoms with Gasteiger partial charge >= 0.3 is 0 Å². The minimum atomic E-state index is -0.433. The summed E-state index contributed by atoms with van der Waals surface area (Å²) in [7, 11) is 0. The summed E-state index contributed by atoms with van der Waals surface area (Å²) in [5.41, 5.74) is 3.15. The van der Waals surface area contributed by atoms with Crippen molar-refractivity contribution in [3.8, 4) is 0 Å². The van der Waals surface area contributed by atoms with E-state index in [2.05, 4.69) is 22.3 Å². The Morgan fingerprint density at radius 1 is 1.11 bits per heavy atom. The number of nitrogens with one attached hydrogen (secondary N) is 1. The molecule has 4 heteroatoms. The third kappa shape index (κ3) is 5.41. The van der Waals surface area contributed by atoms with E-state index in [0.29, 0.717) is 12.5 Å². The van der Waals surface area contributed by atoms with Crippen LogP contribution in [-0.4, -0.2) is 35.5 Å². The predicted molar refractivity (Wildman–Crippen MR) is 110 cm³/mol. The molecule has 0 unspecified atom stereocenters. The summed E-state index contributed by atoms with van der Waals surface area (Å²) in [4.78, 5) is 14.3. The highest BCUT2D eigenvalue weighted by Gasteiger charge is 2.23. The average Bonchev–Trinajstić information content (AvgIpc) is 2.69. The molecule has 144 valence electrons. The van der Waals surface area contributed by atoms with Crippen LogP contribution in [0.15, 0.2) is 54.6 Å². The first kappa shape index (κ1) is 19.6. The van der Waals surface area contributed by atoms with E-state index in [1.807, 2.05) is 56.3 Å². The summed E-state index contributed by atoms with van der Waals surface area (Å²) < 4.78 is 0. The largest absolute Gasteiger partial charge is 0.387 e. The minimum absolute atomic E-state index is 0.0204. The molecule has 0 aromatic heterocycles. The number of β-amino-alcohol motifs (C(OH)–C–C–N with tert-alkyl or cyclic N) is 1. The fourth-order valence-electron chi connectivity index (χ4n) is 3.63. The first-order chi connectivity index (χ1) is 13.0. The van der Waals surface area contributed by atoms with Gasteiger partial charge in [0.15, 0.2) is 0 Å². The van der Waals surface area contributed by atoms with Crippen LogP contribution in [0.1, 0.15) is 49.8 Å². The zero-order valence-electron chi connectivity index (χ0n) is 16.3. The highest BCUT2D eigenvalue weighted by atomic mass is 16.3. The lowest BCUT2D eigenvalue weighted by atomic mass is 9.89. The fraction of sp³-hybridized carbons (Fsp3) is 0.435. The number of hydrogen-bond acceptors (Lipinski definition) is 3. The molecule has 0 radical (unpaired) electrons. The van der Waals surface area contributed by atoms with Crippen molar-refractivity contribution in [3.05, 3.63) is 65.7 Å². The van der Waals surface area contributed by atoms with Gasteiger partial charge in [0.1, 0.15) is 0 Å². The van der Waals surface area contributed by atoms with E-state index in [-0.39, 0.29) is 11.8 Å². The number of hydrogen-bond donors (Lipinski definition) is 2. The van der Waals surface area contributed by atoms with Gasteiger partial charge < -0.3 is 15.3 Å². The molecule has 27 heavy (non-hydrogen) atoms. The van der Waals surface area contributed by atoms with Gasteiger partial charge in [-0.15, -0.1) is 0 Å². The molecule has 0 saturated carbocycles. The maximum atomic E-state index is 11.9. The van der Waals surface area contributed by atoms with E-state index < -0.39 is 6.10 Å². The Labute approximate surface area is 162 Å². The molecule has 3 rings (SSSR count). The molecule has 2 aromatic rings. The van der Waals surface area contributed by atoms with Crippen LogP contribution in [0.25, 0.3) is 0 Å². The quantitative estimate of drug-likeness (QED) is 0.806. The Morgan fingerprint density at radius 2 is 1.81 bits per heavy atom. The molecule has 2 N–H and O–H groups in total. The van der Waals surface area contributed by atoms with Crippen LogP contribution in [-0.2, 0) is 4.79 Å². The molecule has 4 nitrogen and oxygen atoms in total. The molecule has 2 aromatic carbocycles. The molecular weight excluding hydrogens is 336 g/mol. The van der Waals surface area contributed by atoms with Gasteiger partial charge in [0.25, 0.3) is 0 Å². The van der Waals surface area contributed by atoms with Crippen molar-refractivity contribution in [1.82, 2.24) is 4.90 Å². The Hall–Kier alpha value is -2.17. The molecular formula is C23H30N2O2. The van der Waals surface area contributed by atoms with Crippen molar-refractivity contribution in [2.45, 2.75) is 38.7 Å². The normalized spacial score (nSPS) is 17.0. The van der Waals surface area contributed by atoms with Gasteiger partial charge in [-0.25, -0.2) is 0 Å². The predicted octanol–water partition coefficient (Wildman–Crippen LogP) is 4.19. The maximum absolute atomic E-state index is 11.9. The Balaban J connectivity index is 1.54. The lowest BCUT2D eigenvalue weighted by Crippen LogP contribution is -2.36. The number of anilines is 1. The molecule has 1 amide bonds. The van der Waals surface area contributed by atoms with Crippen LogP contribution in [0.5, 0.6) is 0 Å². The van der Waals surface area contributed by atoms with Crippen LogP contribution in [0.3, 0.4) is 0 Å². The van der Waals surface area contributed by atoms with Gasteiger partial charge in [-0.1, -0.05) is 56.3 Å². The second-order valence-electron chi connectivity index (χ2n) is 7.77. The summed E-state index contributed by atoms with van der Waals surface area (Å²) in [6.07, 6.45) is 1.71. The highest BCUT2D eigenvalue weighted by molar-refractivity contribution is 5.92. The number of amides is 1. The third-order valence-electron chi connectivity index (χ3n) is 5.35. The van der Waals surface area contributed by atoms with Gasteiger partial charge in [0.05, 0.1) is 6.10 Å². The van der Waals surface area contributed by atoms with Gasteiger partial charge in [-0.2, -0.15) is 0 Å². The second kappa shape index (κ2) is 9.16. The Morgan fingerprint density at radius 3 is 2.48 bits per heavy atom. The second-order valence-corrected chi connectivity index (χ2v) is 7.77. The molecule has 1 aliphatic heterocycles. The SMILES string of the molecule is CC(C)C(=O)Nc1cccc(C2CCN(C[C@H](O)c3ccccc3)CC2)c1. The molecule has 0 aliphatic carbocycles. The number of nitrogens with zero attached hydrogens (tertiary/aromatic N) is 1. The summed E-state index contributed by atoms with van der Waals surface area (Å²) in [6.45, 7) is 6.45.